The van der Waals surface area contributed by atoms with Crippen molar-refractivity contribution in [1.82, 2.24) is 4.72 Å². The summed E-state index contributed by atoms with van der Waals surface area (Å²) in [5.41, 5.74) is 2.17. The molecule has 44 heavy (non-hydrogen) atoms. The first-order chi connectivity index (χ1) is 21.2. The fourth-order valence-corrected chi connectivity index (χ4v) is 5.77. The van der Waals surface area contributed by atoms with Gasteiger partial charge in [0.05, 0.1) is 32.8 Å². The number of anilines is 1. The third-order valence-electron chi connectivity index (χ3n) is 6.66. The van der Waals surface area contributed by atoms with Crippen LogP contribution in [0.1, 0.15) is 24.7 Å². The van der Waals surface area contributed by atoms with Crippen LogP contribution in [0.2, 0.25) is 0 Å². The number of rotatable bonds is 15. The molecule has 0 saturated carbocycles. The highest BCUT2D eigenvalue weighted by Gasteiger charge is 2.23. The van der Waals surface area contributed by atoms with Crippen LogP contribution < -0.4 is 29.0 Å². The highest BCUT2D eigenvalue weighted by Crippen LogP contribution is 2.36. The summed E-state index contributed by atoms with van der Waals surface area (Å²) < 4.78 is 57.4. The Bertz CT molecular complexity index is 1750. The molecule has 0 atom stereocenters. The summed E-state index contributed by atoms with van der Waals surface area (Å²) in [7, 11) is 0.676. The van der Waals surface area contributed by atoms with Gasteiger partial charge in [-0.05, 0) is 73.4 Å². The first-order valence-corrected chi connectivity index (χ1v) is 15.8. The van der Waals surface area contributed by atoms with Crippen molar-refractivity contribution in [3.63, 3.8) is 0 Å². The van der Waals surface area contributed by atoms with Gasteiger partial charge in [0, 0.05) is 35.6 Å². The van der Waals surface area contributed by atoms with Crippen LogP contribution in [0.3, 0.4) is 0 Å². The van der Waals surface area contributed by atoms with Gasteiger partial charge in [0.1, 0.15) is 11.5 Å². The highest BCUT2D eigenvalue weighted by atomic mass is 35.5. The van der Waals surface area contributed by atoms with Crippen LogP contribution in [0, 0.1) is 0 Å². The number of allylic oxidation sites excluding steroid dienone is 1. The molecule has 4 aromatic rings. The molecular weight excluding hydrogens is 608 g/mol. The lowest BCUT2D eigenvalue weighted by Gasteiger charge is -2.12. The second-order valence-corrected chi connectivity index (χ2v) is 11.8. The van der Waals surface area contributed by atoms with E-state index in [9.17, 15) is 13.2 Å². The summed E-state index contributed by atoms with van der Waals surface area (Å²) in [6.45, 7) is 2.16. The molecule has 4 rings (SSSR count). The van der Waals surface area contributed by atoms with E-state index < -0.39 is 10.0 Å². The van der Waals surface area contributed by atoms with E-state index >= 15 is 0 Å². The van der Waals surface area contributed by atoms with E-state index in [4.69, 9.17) is 35.0 Å². The first kappa shape index (κ1) is 32.7. The molecule has 0 aliphatic carbocycles. The smallest absolute Gasteiger partial charge is 0.248 e. The summed E-state index contributed by atoms with van der Waals surface area (Å²) in [6.07, 6.45) is 2.39. The van der Waals surface area contributed by atoms with Gasteiger partial charge >= 0.3 is 0 Å². The maximum atomic E-state index is 13.5. The van der Waals surface area contributed by atoms with Crippen molar-refractivity contribution in [2.75, 3.05) is 45.7 Å². The SMILES string of the molecule is COc1cccc(NC(=O)C=C(C)c2cc3c(S(=O)(=O)NCCc4ccc(OC)c(OC)c4)ccc(OCCCCl)c3o2)c1. The van der Waals surface area contributed by atoms with Crippen molar-refractivity contribution in [3.8, 4) is 23.0 Å². The molecule has 0 aliphatic heterocycles. The Balaban J connectivity index is 1.59. The summed E-state index contributed by atoms with van der Waals surface area (Å²) in [5, 5.41) is 3.11. The molecule has 0 unspecified atom stereocenters. The van der Waals surface area contributed by atoms with Gasteiger partial charge in [0.15, 0.2) is 22.8 Å². The van der Waals surface area contributed by atoms with Crippen molar-refractivity contribution in [2.24, 2.45) is 0 Å². The van der Waals surface area contributed by atoms with Crippen LogP contribution >= 0.6 is 11.6 Å². The summed E-state index contributed by atoms with van der Waals surface area (Å²) in [5.74, 6) is 2.46. The number of hydrogen-bond donors (Lipinski definition) is 2. The third-order valence-corrected chi connectivity index (χ3v) is 8.45. The van der Waals surface area contributed by atoms with E-state index in [0.717, 1.165) is 5.56 Å². The molecular formula is C32H35ClN2O8S. The second kappa shape index (κ2) is 15.0. The molecule has 0 bridgehead atoms. The van der Waals surface area contributed by atoms with Gasteiger partial charge in [0.2, 0.25) is 15.9 Å². The van der Waals surface area contributed by atoms with Crippen LogP contribution in [0.4, 0.5) is 5.69 Å². The lowest BCUT2D eigenvalue weighted by atomic mass is 10.1. The third kappa shape index (κ3) is 8.04. The van der Waals surface area contributed by atoms with Crippen LogP contribution in [0.15, 0.2) is 76.1 Å². The monoisotopic (exact) mass is 642 g/mol. The normalized spacial score (nSPS) is 11.8. The average molecular weight is 643 g/mol. The number of ether oxygens (including phenoxy) is 4. The van der Waals surface area contributed by atoms with E-state index in [2.05, 4.69) is 10.0 Å². The molecule has 1 amide bonds. The van der Waals surface area contributed by atoms with E-state index in [1.807, 2.05) is 6.07 Å². The van der Waals surface area contributed by atoms with E-state index in [1.165, 1.54) is 12.1 Å². The number of amides is 1. The van der Waals surface area contributed by atoms with Crippen LogP contribution in [0.5, 0.6) is 23.0 Å². The van der Waals surface area contributed by atoms with Gasteiger partial charge in [-0.2, -0.15) is 0 Å². The van der Waals surface area contributed by atoms with Gasteiger partial charge in [-0.3, -0.25) is 4.79 Å². The van der Waals surface area contributed by atoms with Gasteiger partial charge in [0.25, 0.3) is 0 Å². The first-order valence-electron chi connectivity index (χ1n) is 13.8. The molecule has 12 heteroatoms. The predicted octanol–water partition coefficient (Wildman–Crippen LogP) is 6.03. The number of hydrogen-bond acceptors (Lipinski definition) is 8. The number of halogens is 1. The Morgan fingerprint density at radius 3 is 2.45 bits per heavy atom. The van der Waals surface area contributed by atoms with E-state index in [1.54, 1.807) is 76.8 Å². The molecule has 0 saturated heterocycles. The molecule has 2 N–H and O–H groups in total. The standard InChI is InChI=1S/C32H35ClN2O8S/c1-21(17-31(36)35-23-7-5-8-24(19-23)39-2)28-20-25-30(12-11-27(32(25)43-28)42-16-6-14-33)44(37,38)34-15-13-22-9-10-26(40-3)29(18-22)41-4/h5,7-12,17-20,34H,6,13-16H2,1-4H3,(H,35,36). The van der Waals surface area contributed by atoms with Crippen molar-refractivity contribution >= 4 is 49.8 Å². The highest BCUT2D eigenvalue weighted by molar-refractivity contribution is 7.89. The number of nitrogens with one attached hydrogen (secondary N) is 2. The molecule has 234 valence electrons. The Morgan fingerprint density at radius 1 is 0.955 bits per heavy atom. The van der Waals surface area contributed by atoms with Gasteiger partial charge in [-0.25, -0.2) is 13.1 Å². The minimum absolute atomic E-state index is 0.0214. The number of alkyl halides is 1. The number of sulfonamides is 1. The predicted molar refractivity (Wildman–Crippen MR) is 171 cm³/mol. The van der Waals surface area contributed by atoms with E-state index in [-0.39, 0.29) is 22.9 Å². The van der Waals surface area contributed by atoms with Crippen LogP contribution in [0.25, 0.3) is 16.5 Å². The molecule has 0 fully saturated rings. The fourth-order valence-electron chi connectivity index (χ4n) is 4.44. The largest absolute Gasteiger partial charge is 0.497 e. The lowest BCUT2D eigenvalue weighted by molar-refractivity contribution is -0.111. The number of benzene rings is 3. The quantitative estimate of drug-likeness (QED) is 0.0915. The average Bonchev–Trinajstić information content (AvgIpc) is 3.47. The lowest BCUT2D eigenvalue weighted by Crippen LogP contribution is -2.26. The molecule has 10 nitrogen and oxygen atoms in total. The van der Waals surface area contributed by atoms with Gasteiger partial charge in [-0.15, -0.1) is 11.6 Å². The summed E-state index contributed by atoms with van der Waals surface area (Å²) in [4.78, 5) is 12.8. The Kier molecular flexibility index (Phi) is 11.2. The minimum atomic E-state index is -3.96. The Morgan fingerprint density at radius 2 is 1.73 bits per heavy atom. The fraction of sp³-hybridized carbons (Fsp3) is 0.281. The maximum absolute atomic E-state index is 13.5. The molecule has 0 aliphatic rings. The molecule has 1 aromatic heterocycles. The molecule has 1 heterocycles. The number of furan rings is 1. The molecule has 0 radical (unpaired) electrons. The minimum Gasteiger partial charge on any atom is -0.497 e. The summed E-state index contributed by atoms with van der Waals surface area (Å²) in [6, 6.07) is 17.0. The Hall–Kier alpha value is -4.19. The Labute approximate surface area is 261 Å². The summed E-state index contributed by atoms with van der Waals surface area (Å²) >= 11 is 5.81. The van der Waals surface area contributed by atoms with Crippen LogP contribution in [-0.4, -0.2) is 54.7 Å². The van der Waals surface area contributed by atoms with Crippen molar-refractivity contribution in [1.29, 1.82) is 0 Å². The van der Waals surface area contributed by atoms with Crippen molar-refractivity contribution < 1.29 is 36.6 Å². The number of carbonyl (C=O) groups excluding carboxylic acids is 1. The van der Waals surface area contributed by atoms with Crippen molar-refractivity contribution in [3.05, 3.63) is 78.1 Å². The van der Waals surface area contributed by atoms with E-state index in [0.29, 0.717) is 70.7 Å². The maximum Gasteiger partial charge on any atom is 0.248 e. The number of methoxy groups -OCH3 is 3. The zero-order valence-corrected chi connectivity index (χ0v) is 26.5. The molecule has 0 spiro atoms. The topological polar surface area (TPSA) is 125 Å². The van der Waals surface area contributed by atoms with Gasteiger partial charge < -0.3 is 28.7 Å². The zero-order valence-electron chi connectivity index (χ0n) is 24.9. The van der Waals surface area contributed by atoms with Crippen molar-refractivity contribution in [2.45, 2.75) is 24.7 Å². The second-order valence-electron chi connectivity index (χ2n) is 9.69. The number of carbonyl (C=O) groups is 1. The number of fused-ring (bicyclic) bond motifs is 1. The van der Waals surface area contributed by atoms with Crippen LogP contribution in [-0.2, 0) is 21.2 Å². The molecule has 3 aromatic carbocycles. The zero-order chi connectivity index (χ0) is 31.7. The van der Waals surface area contributed by atoms with Gasteiger partial charge in [-0.1, -0.05) is 12.1 Å².